The zero-order chi connectivity index (χ0) is 7.45. The third-order valence-electron chi connectivity index (χ3n) is 1.98. The van der Waals surface area contributed by atoms with E-state index in [1.807, 2.05) is 12.4 Å². The van der Waals surface area contributed by atoms with Gasteiger partial charge in [0, 0.05) is 17.8 Å². The highest BCUT2D eigenvalue weighted by atomic mass is 14.7. The minimum absolute atomic E-state index is 0.274. The van der Waals surface area contributed by atoms with Gasteiger partial charge in [0.25, 0.3) is 0 Å². The Morgan fingerprint density at radius 2 is 2.30 bits per heavy atom. The molecule has 0 aromatic carbocycles. The lowest BCUT2D eigenvalue weighted by Crippen LogP contribution is -2.11. The van der Waals surface area contributed by atoms with Crippen LogP contribution in [0.25, 0.3) is 0 Å². The second-order valence-electron chi connectivity index (χ2n) is 3.20. The molecule has 0 spiro atoms. The summed E-state index contributed by atoms with van der Waals surface area (Å²) in [5.41, 5.74) is 0.274. The second-order valence-corrected chi connectivity index (χ2v) is 3.20. The molecule has 1 rings (SSSR count). The van der Waals surface area contributed by atoms with Gasteiger partial charge in [-0.3, -0.25) is 4.99 Å². The maximum absolute atomic E-state index is 4.08. The van der Waals surface area contributed by atoms with Crippen molar-refractivity contribution in [2.24, 2.45) is 10.4 Å². The molecule has 0 amide bonds. The van der Waals surface area contributed by atoms with Crippen molar-refractivity contribution in [2.45, 2.75) is 33.1 Å². The summed E-state index contributed by atoms with van der Waals surface area (Å²) >= 11 is 0. The zero-order valence-electron chi connectivity index (χ0n) is 6.80. The second kappa shape index (κ2) is 3.00. The zero-order valence-corrected chi connectivity index (χ0v) is 6.80. The Morgan fingerprint density at radius 3 is 2.80 bits per heavy atom. The maximum atomic E-state index is 4.08. The normalized spacial score (nSPS) is 29.8. The van der Waals surface area contributed by atoms with Gasteiger partial charge in [0.05, 0.1) is 0 Å². The summed E-state index contributed by atoms with van der Waals surface area (Å²) in [4.78, 5) is 4.08. The Balaban J connectivity index is 2.38. The SMILES string of the molecule is CCCCC1(C)C=CN=C1. The molecule has 10 heavy (non-hydrogen) atoms. The van der Waals surface area contributed by atoms with Gasteiger partial charge in [-0.05, 0) is 6.42 Å². The van der Waals surface area contributed by atoms with Gasteiger partial charge in [0.1, 0.15) is 0 Å². The van der Waals surface area contributed by atoms with E-state index >= 15 is 0 Å². The van der Waals surface area contributed by atoms with Crippen molar-refractivity contribution in [1.82, 2.24) is 0 Å². The molecule has 1 aliphatic rings. The first-order valence-electron chi connectivity index (χ1n) is 3.99. The van der Waals surface area contributed by atoms with Crippen LogP contribution in [0.4, 0.5) is 0 Å². The van der Waals surface area contributed by atoms with Gasteiger partial charge in [-0.25, -0.2) is 0 Å². The van der Waals surface area contributed by atoms with E-state index in [4.69, 9.17) is 0 Å². The maximum Gasteiger partial charge on any atom is 0.0233 e. The minimum Gasteiger partial charge on any atom is -0.268 e. The fourth-order valence-electron chi connectivity index (χ4n) is 1.18. The monoisotopic (exact) mass is 137 g/mol. The standard InChI is InChI=1S/C9H15N/c1-3-4-5-9(2)6-7-10-8-9/h6-8H,3-5H2,1-2H3. The fourth-order valence-corrected chi connectivity index (χ4v) is 1.18. The van der Waals surface area contributed by atoms with Crippen LogP contribution in [-0.2, 0) is 0 Å². The lowest BCUT2D eigenvalue weighted by molar-refractivity contribution is 0.524. The van der Waals surface area contributed by atoms with Crippen LogP contribution < -0.4 is 0 Å². The number of rotatable bonds is 3. The largest absolute Gasteiger partial charge is 0.268 e. The van der Waals surface area contributed by atoms with Crippen LogP contribution in [0.5, 0.6) is 0 Å². The lowest BCUT2D eigenvalue weighted by atomic mass is 9.87. The van der Waals surface area contributed by atoms with E-state index in [2.05, 4.69) is 24.9 Å². The number of unbranched alkanes of at least 4 members (excludes halogenated alkanes) is 1. The highest BCUT2D eigenvalue weighted by Crippen LogP contribution is 2.26. The van der Waals surface area contributed by atoms with Gasteiger partial charge in [-0.2, -0.15) is 0 Å². The molecule has 1 nitrogen and oxygen atoms in total. The number of hydrogen-bond donors (Lipinski definition) is 0. The Bertz CT molecular complexity index is 144. The molecule has 1 heteroatoms. The number of allylic oxidation sites excluding steroid dienone is 1. The van der Waals surface area contributed by atoms with Gasteiger partial charge in [0.15, 0.2) is 0 Å². The predicted octanol–water partition coefficient (Wildman–Crippen LogP) is 2.78. The summed E-state index contributed by atoms with van der Waals surface area (Å²) in [5, 5.41) is 0. The molecule has 0 N–H and O–H groups in total. The van der Waals surface area contributed by atoms with Crippen LogP contribution >= 0.6 is 0 Å². The van der Waals surface area contributed by atoms with Crippen molar-refractivity contribution in [3.05, 3.63) is 12.3 Å². The van der Waals surface area contributed by atoms with E-state index in [1.54, 1.807) is 0 Å². The van der Waals surface area contributed by atoms with E-state index in [1.165, 1.54) is 19.3 Å². The van der Waals surface area contributed by atoms with E-state index < -0.39 is 0 Å². The smallest absolute Gasteiger partial charge is 0.0233 e. The molecule has 1 heterocycles. The molecule has 1 unspecified atom stereocenters. The first kappa shape index (κ1) is 7.52. The van der Waals surface area contributed by atoms with Gasteiger partial charge in [-0.1, -0.05) is 32.8 Å². The molecule has 0 saturated carbocycles. The lowest BCUT2D eigenvalue weighted by Gasteiger charge is -2.16. The fraction of sp³-hybridized carbons (Fsp3) is 0.667. The van der Waals surface area contributed by atoms with Gasteiger partial charge in [0.2, 0.25) is 0 Å². The van der Waals surface area contributed by atoms with Crippen LogP contribution in [0, 0.1) is 5.41 Å². The van der Waals surface area contributed by atoms with Crippen molar-refractivity contribution in [3.8, 4) is 0 Å². The van der Waals surface area contributed by atoms with Gasteiger partial charge >= 0.3 is 0 Å². The summed E-state index contributed by atoms with van der Waals surface area (Å²) in [6, 6.07) is 0. The average molecular weight is 137 g/mol. The summed E-state index contributed by atoms with van der Waals surface area (Å²) in [7, 11) is 0. The Morgan fingerprint density at radius 1 is 1.50 bits per heavy atom. The molecular formula is C9H15N. The molecule has 56 valence electrons. The molecule has 0 aromatic heterocycles. The van der Waals surface area contributed by atoms with Crippen LogP contribution in [0.15, 0.2) is 17.3 Å². The van der Waals surface area contributed by atoms with Crippen molar-refractivity contribution >= 4 is 6.21 Å². The molecule has 0 bridgehead atoms. The first-order chi connectivity index (χ1) is 4.77. The molecule has 0 aromatic rings. The van der Waals surface area contributed by atoms with Crippen LogP contribution in [0.3, 0.4) is 0 Å². The number of aliphatic imine (C=N–C) groups is 1. The molecule has 0 saturated heterocycles. The molecule has 0 fully saturated rings. The van der Waals surface area contributed by atoms with Crippen molar-refractivity contribution in [3.63, 3.8) is 0 Å². The van der Waals surface area contributed by atoms with Gasteiger partial charge < -0.3 is 0 Å². The minimum atomic E-state index is 0.274. The highest BCUT2D eigenvalue weighted by Gasteiger charge is 2.19. The van der Waals surface area contributed by atoms with E-state index in [9.17, 15) is 0 Å². The quantitative estimate of drug-likeness (QED) is 0.567. The summed E-state index contributed by atoms with van der Waals surface area (Å²) < 4.78 is 0. The predicted molar refractivity (Wildman–Crippen MR) is 45.3 cm³/mol. The molecule has 1 aliphatic heterocycles. The summed E-state index contributed by atoms with van der Waals surface area (Å²) in [6.07, 6.45) is 9.94. The van der Waals surface area contributed by atoms with Crippen molar-refractivity contribution in [2.75, 3.05) is 0 Å². The topological polar surface area (TPSA) is 12.4 Å². The molecular weight excluding hydrogens is 122 g/mol. The molecule has 0 radical (unpaired) electrons. The van der Waals surface area contributed by atoms with E-state index in [0.29, 0.717) is 0 Å². The van der Waals surface area contributed by atoms with Crippen LogP contribution in [0.2, 0.25) is 0 Å². The third kappa shape index (κ3) is 1.69. The number of nitrogens with zero attached hydrogens (tertiary/aromatic N) is 1. The average Bonchev–Trinajstić information content (AvgIpc) is 2.33. The van der Waals surface area contributed by atoms with Gasteiger partial charge in [-0.15, -0.1) is 0 Å². The Hall–Kier alpha value is -0.590. The molecule has 0 aliphatic carbocycles. The van der Waals surface area contributed by atoms with Crippen molar-refractivity contribution < 1.29 is 0 Å². The molecule has 1 atom stereocenters. The van der Waals surface area contributed by atoms with Crippen LogP contribution in [0.1, 0.15) is 33.1 Å². The summed E-state index contributed by atoms with van der Waals surface area (Å²) in [5.74, 6) is 0. The van der Waals surface area contributed by atoms with E-state index in [-0.39, 0.29) is 5.41 Å². The summed E-state index contributed by atoms with van der Waals surface area (Å²) in [6.45, 7) is 4.45. The van der Waals surface area contributed by atoms with Crippen molar-refractivity contribution in [1.29, 1.82) is 0 Å². The number of hydrogen-bond acceptors (Lipinski definition) is 1. The third-order valence-corrected chi connectivity index (χ3v) is 1.98. The van der Waals surface area contributed by atoms with E-state index in [0.717, 1.165) is 0 Å². The Kier molecular flexibility index (Phi) is 2.25. The first-order valence-corrected chi connectivity index (χ1v) is 3.99. The Labute approximate surface area is 62.9 Å². The van der Waals surface area contributed by atoms with Crippen LogP contribution in [-0.4, -0.2) is 6.21 Å². The highest BCUT2D eigenvalue weighted by molar-refractivity contribution is 5.71.